The SMILES string of the molecule is COC(=O)c1ccccc1NC(=O)COc1ccc(-c2ccccc2)cc1Br. The van der Waals surface area contributed by atoms with Crippen LogP contribution in [0, 0.1) is 0 Å². The number of methoxy groups -OCH3 is 1. The van der Waals surface area contributed by atoms with Crippen molar-refractivity contribution >= 4 is 33.5 Å². The number of nitrogens with one attached hydrogen (secondary N) is 1. The van der Waals surface area contributed by atoms with Crippen molar-refractivity contribution in [3.05, 3.63) is 82.8 Å². The number of halogens is 1. The lowest BCUT2D eigenvalue weighted by atomic mass is 10.1. The molecule has 0 bridgehead atoms. The fourth-order valence-electron chi connectivity index (χ4n) is 2.64. The van der Waals surface area contributed by atoms with Gasteiger partial charge < -0.3 is 14.8 Å². The van der Waals surface area contributed by atoms with Gasteiger partial charge in [0.2, 0.25) is 0 Å². The average molecular weight is 440 g/mol. The molecule has 142 valence electrons. The molecule has 3 aromatic rings. The Morgan fingerprint density at radius 3 is 2.36 bits per heavy atom. The third kappa shape index (κ3) is 4.78. The molecule has 0 spiro atoms. The summed E-state index contributed by atoms with van der Waals surface area (Å²) in [6, 6.07) is 22.3. The molecule has 3 aromatic carbocycles. The summed E-state index contributed by atoms with van der Waals surface area (Å²) in [6.07, 6.45) is 0. The second-order valence-electron chi connectivity index (χ2n) is 5.89. The van der Waals surface area contributed by atoms with Crippen LogP contribution in [0.15, 0.2) is 77.3 Å². The van der Waals surface area contributed by atoms with Gasteiger partial charge in [0, 0.05) is 0 Å². The van der Waals surface area contributed by atoms with E-state index in [0.717, 1.165) is 15.6 Å². The van der Waals surface area contributed by atoms with E-state index in [4.69, 9.17) is 9.47 Å². The normalized spacial score (nSPS) is 10.2. The van der Waals surface area contributed by atoms with Gasteiger partial charge in [-0.1, -0.05) is 48.5 Å². The van der Waals surface area contributed by atoms with E-state index in [0.29, 0.717) is 11.4 Å². The molecule has 28 heavy (non-hydrogen) atoms. The highest BCUT2D eigenvalue weighted by atomic mass is 79.9. The van der Waals surface area contributed by atoms with E-state index >= 15 is 0 Å². The predicted molar refractivity (Wildman–Crippen MR) is 111 cm³/mol. The lowest BCUT2D eigenvalue weighted by Crippen LogP contribution is -2.21. The lowest BCUT2D eigenvalue weighted by Gasteiger charge is -2.12. The molecule has 0 aliphatic heterocycles. The van der Waals surface area contributed by atoms with E-state index in [-0.39, 0.29) is 18.1 Å². The van der Waals surface area contributed by atoms with E-state index < -0.39 is 5.97 Å². The summed E-state index contributed by atoms with van der Waals surface area (Å²) in [6.45, 7) is -0.196. The first-order valence-electron chi connectivity index (χ1n) is 8.53. The molecule has 6 heteroatoms. The van der Waals surface area contributed by atoms with Gasteiger partial charge in [-0.2, -0.15) is 0 Å². The monoisotopic (exact) mass is 439 g/mol. The number of carbonyl (C=O) groups excluding carboxylic acids is 2. The van der Waals surface area contributed by atoms with Crippen molar-refractivity contribution in [1.82, 2.24) is 0 Å². The predicted octanol–water partition coefficient (Wildman–Crippen LogP) is 4.92. The molecule has 1 N–H and O–H groups in total. The highest BCUT2D eigenvalue weighted by Gasteiger charge is 2.14. The summed E-state index contributed by atoms with van der Waals surface area (Å²) in [5, 5.41) is 2.67. The molecule has 0 aliphatic rings. The number of esters is 1. The Morgan fingerprint density at radius 2 is 1.64 bits per heavy atom. The van der Waals surface area contributed by atoms with E-state index in [1.165, 1.54) is 7.11 Å². The van der Waals surface area contributed by atoms with Crippen LogP contribution in [0.25, 0.3) is 11.1 Å². The van der Waals surface area contributed by atoms with Crippen LogP contribution in [-0.2, 0) is 9.53 Å². The first-order valence-corrected chi connectivity index (χ1v) is 9.33. The summed E-state index contributed by atoms with van der Waals surface area (Å²) < 4.78 is 11.1. The van der Waals surface area contributed by atoms with E-state index in [1.807, 2.05) is 48.5 Å². The summed E-state index contributed by atoms with van der Waals surface area (Å²) in [7, 11) is 1.29. The summed E-state index contributed by atoms with van der Waals surface area (Å²) in [4.78, 5) is 24.0. The molecule has 0 unspecified atom stereocenters. The van der Waals surface area contributed by atoms with Gasteiger partial charge in [-0.3, -0.25) is 4.79 Å². The largest absolute Gasteiger partial charge is 0.483 e. The molecule has 0 aliphatic carbocycles. The van der Waals surface area contributed by atoms with Crippen molar-refractivity contribution in [3.8, 4) is 16.9 Å². The average Bonchev–Trinajstić information content (AvgIpc) is 2.73. The fraction of sp³-hybridized carbons (Fsp3) is 0.0909. The molecule has 3 rings (SSSR count). The van der Waals surface area contributed by atoms with Gasteiger partial charge in [-0.25, -0.2) is 4.79 Å². The fourth-order valence-corrected chi connectivity index (χ4v) is 3.13. The summed E-state index contributed by atoms with van der Waals surface area (Å²) >= 11 is 3.48. The van der Waals surface area contributed by atoms with Crippen LogP contribution in [0.5, 0.6) is 5.75 Å². The van der Waals surface area contributed by atoms with Gasteiger partial charge in [-0.05, 0) is 51.3 Å². The van der Waals surface area contributed by atoms with Crippen LogP contribution in [-0.4, -0.2) is 25.6 Å². The van der Waals surface area contributed by atoms with Gasteiger partial charge in [0.25, 0.3) is 5.91 Å². The molecular formula is C22H18BrNO4. The minimum Gasteiger partial charge on any atom is -0.483 e. The van der Waals surface area contributed by atoms with Crippen LogP contribution in [0.1, 0.15) is 10.4 Å². The quantitative estimate of drug-likeness (QED) is 0.553. The van der Waals surface area contributed by atoms with E-state index in [9.17, 15) is 9.59 Å². The number of amides is 1. The number of benzene rings is 3. The van der Waals surface area contributed by atoms with Crippen molar-refractivity contribution in [2.24, 2.45) is 0 Å². The first kappa shape index (κ1) is 19.6. The minimum absolute atomic E-state index is 0.196. The molecule has 5 nitrogen and oxygen atoms in total. The highest BCUT2D eigenvalue weighted by Crippen LogP contribution is 2.30. The standard InChI is InChI=1S/C22H18BrNO4/c1-27-22(26)17-9-5-6-10-19(17)24-21(25)14-28-20-12-11-16(13-18(20)23)15-7-3-2-4-8-15/h2-13H,14H2,1H3,(H,24,25). The molecule has 0 saturated heterocycles. The Bertz CT molecular complexity index is 989. The molecule has 0 fully saturated rings. The number of anilines is 1. The first-order chi connectivity index (χ1) is 13.6. The highest BCUT2D eigenvalue weighted by molar-refractivity contribution is 9.10. The maximum atomic E-state index is 12.2. The molecule has 0 heterocycles. The number of para-hydroxylation sites is 1. The zero-order chi connectivity index (χ0) is 19.9. The zero-order valence-electron chi connectivity index (χ0n) is 15.1. The molecule has 0 radical (unpaired) electrons. The van der Waals surface area contributed by atoms with Crippen LogP contribution in [0.4, 0.5) is 5.69 Å². The van der Waals surface area contributed by atoms with Crippen molar-refractivity contribution in [2.75, 3.05) is 19.0 Å². The number of hydrogen-bond acceptors (Lipinski definition) is 4. The maximum absolute atomic E-state index is 12.2. The molecule has 1 amide bonds. The van der Waals surface area contributed by atoms with Crippen molar-refractivity contribution < 1.29 is 19.1 Å². The molecule has 0 aromatic heterocycles. The third-order valence-electron chi connectivity index (χ3n) is 4.00. The Balaban J connectivity index is 1.65. The minimum atomic E-state index is -0.518. The second-order valence-corrected chi connectivity index (χ2v) is 6.74. The van der Waals surface area contributed by atoms with E-state index in [2.05, 4.69) is 21.2 Å². The Labute approximate surface area is 171 Å². The Hall–Kier alpha value is -3.12. The second kappa shape index (κ2) is 9.19. The lowest BCUT2D eigenvalue weighted by molar-refractivity contribution is -0.118. The van der Waals surface area contributed by atoms with E-state index in [1.54, 1.807) is 24.3 Å². The van der Waals surface area contributed by atoms with Gasteiger partial charge in [0.1, 0.15) is 5.75 Å². The van der Waals surface area contributed by atoms with Crippen molar-refractivity contribution in [3.63, 3.8) is 0 Å². The van der Waals surface area contributed by atoms with Gasteiger partial charge in [0.05, 0.1) is 22.8 Å². The zero-order valence-corrected chi connectivity index (χ0v) is 16.7. The topological polar surface area (TPSA) is 64.6 Å². The number of hydrogen-bond donors (Lipinski definition) is 1. The van der Waals surface area contributed by atoms with Crippen LogP contribution in [0.3, 0.4) is 0 Å². The number of rotatable bonds is 6. The number of ether oxygens (including phenoxy) is 2. The van der Waals surface area contributed by atoms with Crippen molar-refractivity contribution in [1.29, 1.82) is 0 Å². The van der Waals surface area contributed by atoms with Crippen LogP contribution < -0.4 is 10.1 Å². The third-order valence-corrected chi connectivity index (χ3v) is 4.62. The molecule has 0 saturated carbocycles. The van der Waals surface area contributed by atoms with Gasteiger partial charge in [-0.15, -0.1) is 0 Å². The van der Waals surface area contributed by atoms with Crippen LogP contribution in [0.2, 0.25) is 0 Å². The maximum Gasteiger partial charge on any atom is 0.339 e. The van der Waals surface area contributed by atoms with Gasteiger partial charge in [0.15, 0.2) is 6.61 Å². The molecular weight excluding hydrogens is 422 g/mol. The van der Waals surface area contributed by atoms with Gasteiger partial charge >= 0.3 is 5.97 Å². The molecule has 0 atom stereocenters. The number of carbonyl (C=O) groups is 2. The Kier molecular flexibility index (Phi) is 6.45. The summed E-state index contributed by atoms with van der Waals surface area (Å²) in [5.41, 5.74) is 2.79. The van der Waals surface area contributed by atoms with Crippen LogP contribution >= 0.6 is 15.9 Å². The van der Waals surface area contributed by atoms with Crippen molar-refractivity contribution in [2.45, 2.75) is 0 Å². The Morgan fingerprint density at radius 1 is 0.929 bits per heavy atom. The summed E-state index contributed by atoms with van der Waals surface area (Å²) in [5.74, 6) is -0.345. The smallest absolute Gasteiger partial charge is 0.339 e.